The third-order valence-electron chi connectivity index (χ3n) is 4.05. The number of nitrogens with two attached hydrogens (primary N) is 1. The van der Waals surface area contributed by atoms with Crippen LogP contribution in [0, 0.1) is 0 Å². The molecule has 0 radical (unpaired) electrons. The first-order chi connectivity index (χ1) is 10.9. The molecule has 3 nitrogen and oxygen atoms in total. The molecule has 0 saturated heterocycles. The van der Waals surface area contributed by atoms with Crippen LogP contribution in [0.25, 0.3) is 0 Å². The number of nitrogens with zero attached hydrogens (tertiary/aromatic N) is 1. The Kier molecular flexibility index (Phi) is 7.37. The highest BCUT2D eigenvalue weighted by atomic mass is 16.5. The smallest absolute Gasteiger partial charge is 0.0599 e. The van der Waals surface area contributed by atoms with Gasteiger partial charge in [-0.15, -0.1) is 0 Å². The van der Waals surface area contributed by atoms with Gasteiger partial charge in [0.25, 0.3) is 0 Å². The highest BCUT2D eigenvalue weighted by Crippen LogP contribution is 2.31. The molecule has 3 heteroatoms. The van der Waals surface area contributed by atoms with Gasteiger partial charge in [-0.2, -0.15) is 0 Å². The minimum Gasteiger partial charge on any atom is -0.383 e. The van der Waals surface area contributed by atoms with Gasteiger partial charge in [-0.25, -0.2) is 0 Å². The largest absolute Gasteiger partial charge is 0.383 e. The van der Waals surface area contributed by atoms with E-state index in [-0.39, 0.29) is 0 Å². The lowest BCUT2D eigenvalue weighted by Gasteiger charge is -2.33. The van der Waals surface area contributed by atoms with E-state index in [0.29, 0.717) is 6.04 Å². The monoisotopic (exact) mass is 300 g/mol. The Morgan fingerprint density at radius 2 is 2.00 bits per heavy atom. The van der Waals surface area contributed by atoms with Crippen LogP contribution in [-0.4, -0.2) is 38.3 Å². The molecule has 0 saturated carbocycles. The number of methoxy groups -OCH3 is 1. The molecular formula is C19H28N2O. The maximum absolute atomic E-state index is 5.74. The molecule has 1 aromatic carbocycles. The van der Waals surface area contributed by atoms with Crippen LogP contribution in [0.2, 0.25) is 0 Å². The molecule has 2 rings (SSSR count). The van der Waals surface area contributed by atoms with Crippen molar-refractivity contribution >= 4 is 0 Å². The SMILES string of the molecule is COCCN(CCCN)C(C1=CCCC=C1)c1ccccc1. The van der Waals surface area contributed by atoms with E-state index in [9.17, 15) is 0 Å². The Balaban J connectivity index is 2.27. The van der Waals surface area contributed by atoms with E-state index in [0.717, 1.165) is 45.5 Å². The summed E-state index contributed by atoms with van der Waals surface area (Å²) in [4.78, 5) is 2.49. The summed E-state index contributed by atoms with van der Waals surface area (Å²) in [6, 6.07) is 11.0. The van der Waals surface area contributed by atoms with E-state index in [1.807, 2.05) is 0 Å². The number of benzene rings is 1. The van der Waals surface area contributed by atoms with Crippen molar-refractivity contribution in [1.29, 1.82) is 0 Å². The van der Waals surface area contributed by atoms with E-state index in [2.05, 4.69) is 53.5 Å². The van der Waals surface area contributed by atoms with Crippen molar-refractivity contribution < 1.29 is 4.74 Å². The minimum absolute atomic E-state index is 0.291. The summed E-state index contributed by atoms with van der Waals surface area (Å²) in [6.07, 6.45) is 10.2. The van der Waals surface area contributed by atoms with Crippen LogP contribution in [0.3, 0.4) is 0 Å². The van der Waals surface area contributed by atoms with E-state index in [1.165, 1.54) is 11.1 Å². The second-order valence-corrected chi connectivity index (χ2v) is 5.67. The first-order valence-electron chi connectivity index (χ1n) is 8.21. The summed E-state index contributed by atoms with van der Waals surface area (Å²) in [6.45, 7) is 3.37. The van der Waals surface area contributed by atoms with Crippen LogP contribution in [0.5, 0.6) is 0 Å². The van der Waals surface area contributed by atoms with Gasteiger partial charge in [-0.3, -0.25) is 4.90 Å². The summed E-state index contributed by atoms with van der Waals surface area (Å²) in [7, 11) is 1.76. The quantitative estimate of drug-likeness (QED) is 0.760. The predicted molar refractivity (Wildman–Crippen MR) is 92.8 cm³/mol. The Morgan fingerprint density at radius 3 is 2.64 bits per heavy atom. The van der Waals surface area contributed by atoms with Gasteiger partial charge >= 0.3 is 0 Å². The molecule has 0 aliphatic heterocycles. The average Bonchev–Trinajstić information content (AvgIpc) is 2.59. The van der Waals surface area contributed by atoms with Crippen molar-refractivity contribution in [1.82, 2.24) is 4.90 Å². The molecular weight excluding hydrogens is 272 g/mol. The summed E-state index contributed by atoms with van der Waals surface area (Å²) in [5.74, 6) is 0. The Hall–Kier alpha value is -1.42. The van der Waals surface area contributed by atoms with E-state index >= 15 is 0 Å². The first kappa shape index (κ1) is 16.9. The molecule has 0 spiro atoms. The molecule has 1 atom stereocenters. The second-order valence-electron chi connectivity index (χ2n) is 5.67. The minimum atomic E-state index is 0.291. The summed E-state index contributed by atoms with van der Waals surface area (Å²) < 4.78 is 5.32. The lowest BCUT2D eigenvalue weighted by molar-refractivity contribution is 0.129. The van der Waals surface area contributed by atoms with Crippen LogP contribution in [-0.2, 0) is 4.74 Å². The molecule has 0 bridgehead atoms. The zero-order valence-electron chi connectivity index (χ0n) is 13.6. The van der Waals surface area contributed by atoms with Gasteiger partial charge in [-0.05, 0) is 36.9 Å². The van der Waals surface area contributed by atoms with Crippen molar-refractivity contribution in [3.63, 3.8) is 0 Å². The molecule has 1 unspecified atom stereocenters. The molecule has 2 N–H and O–H groups in total. The Morgan fingerprint density at radius 1 is 1.18 bits per heavy atom. The van der Waals surface area contributed by atoms with Crippen LogP contribution >= 0.6 is 0 Å². The van der Waals surface area contributed by atoms with Gasteiger partial charge in [0.15, 0.2) is 0 Å². The van der Waals surface area contributed by atoms with Crippen LogP contribution in [0.1, 0.15) is 30.9 Å². The normalized spacial score (nSPS) is 15.9. The number of hydrogen-bond donors (Lipinski definition) is 1. The Labute approximate surface area is 134 Å². The molecule has 1 aromatic rings. The standard InChI is InChI=1S/C19H28N2O/c1-22-16-15-21(14-8-13-20)19(17-9-4-2-5-10-17)18-11-6-3-7-12-18/h2,4-6,9-12,19H,3,7-8,13-16,20H2,1H3. The maximum Gasteiger partial charge on any atom is 0.0599 e. The van der Waals surface area contributed by atoms with Gasteiger partial charge in [0, 0.05) is 20.2 Å². The molecule has 1 aliphatic rings. The zero-order chi connectivity index (χ0) is 15.6. The van der Waals surface area contributed by atoms with Crippen molar-refractivity contribution in [3.8, 4) is 0 Å². The van der Waals surface area contributed by atoms with Crippen LogP contribution in [0.4, 0.5) is 0 Å². The van der Waals surface area contributed by atoms with Crippen molar-refractivity contribution in [2.24, 2.45) is 5.73 Å². The summed E-state index contributed by atoms with van der Waals surface area (Å²) >= 11 is 0. The number of rotatable bonds is 9. The second kappa shape index (κ2) is 9.57. The summed E-state index contributed by atoms with van der Waals surface area (Å²) in [5, 5.41) is 0. The molecule has 0 heterocycles. The topological polar surface area (TPSA) is 38.5 Å². The fraction of sp³-hybridized carbons (Fsp3) is 0.474. The zero-order valence-corrected chi connectivity index (χ0v) is 13.6. The van der Waals surface area contributed by atoms with Gasteiger partial charge in [-0.1, -0.05) is 48.6 Å². The van der Waals surface area contributed by atoms with Crippen molar-refractivity contribution in [2.75, 3.05) is 33.4 Å². The highest BCUT2D eigenvalue weighted by molar-refractivity contribution is 5.36. The van der Waals surface area contributed by atoms with Crippen molar-refractivity contribution in [2.45, 2.75) is 25.3 Å². The predicted octanol–water partition coefficient (Wildman–Crippen LogP) is 3.30. The average molecular weight is 300 g/mol. The van der Waals surface area contributed by atoms with Gasteiger partial charge in [0.2, 0.25) is 0 Å². The molecule has 1 aliphatic carbocycles. The Bertz CT molecular complexity index is 473. The van der Waals surface area contributed by atoms with Gasteiger partial charge in [0.05, 0.1) is 12.6 Å². The highest BCUT2D eigenvalue weighted by Gasteiger charge is 2.23. The third kappa shape index (κ3) is 4.80. The summed E-state index contributed by atoms with van der Waals surface area (Å²) in [5.41, 5.74) is 8.47. The lowest BCUT2D eigenvalue weighted by atomic mass is 9.92. The molecule has 22 heavy (non-hydrogen) atoms. The molecule has 0 fully saturated rings. The fourth-order valence-corrected chi connectivity index (χ4v) is 2.96. The number of allylic oxidation sites excluding steroid dienone is 2. The van der Waals surface area contributed by atoms with Gasteiger partial charge < -0.3 is 10.5 Å². The van der Waals surface area contributed by atoms with Crippen molar-refractivity contribution in [3.05, 3.63) is 59.7 Å². The van der Waals surface area contributed by atoms with Gasteiger partial charge in [0.1, 0.15) is 0 Å². The lowest BCUT2D eigenvalue weighted by Crippen LogP contribution is -2.34. The van der Waals surface area contributed by atoms with Crippen LogP contribution < -0.4 is 5.73 Å². The number of hydrogen-bond acceptors (Lipinski definition) is 3. The van der Waals surface area contributed by atoms with E-state index in [4.69, 9.17) is 10.5 Å². The molecule has 120 valence electrons. The first-order valence-corrected chi connectivity index (χ1v) is 8.21. The molecule has 0 aromatic heterocycles. The fourth-order valence-electron chi connectivity index (χ4n) is 2.96. The van der Waals surface area contributed by atoms with Crippen LogP contribution in [0.15, 0.2) is 54.1 Å². The van der Waals surface area contributed by atoms with E-state index in [1.54, 1.807) is 7.11 Å². The molecule has 0 amide bonds. The number of ether oxygens (including phenoxy) is 1. The maximum atomic E-state index is 5.74. The third-order valence-corrected chi connectivity index (χ3v) is 4.05. The van der Waals surface area contributed by atoms with E-state index < -0.39 is 0 Å².